The Morgan fingerprint density at radius 1 is 1.03 bits per heavy atom. The zero-order chi connectivity index (χ0) is 24.4. The Kier molecular flexibility index (Phi) is 11.9. The number of nitrogens with one attached hydrogen (secondary N) is 1. The third kappa shape index (κ3) is 9.40. The van der Waals surface area contributed by atoms with Crippen molar-refractivity contribution in [2.24, 2.45) is 5.92 Å². The molecule has 0 aliphatic rings. The molecule has 2 aromatic rings. The Bertz CT molecular complexity index is 922. The van der Waals surface area contributed by atoms with Crippen molar-refractivity contribution >= 4 is 58.4 Å². The van der Waals surface area contributed by atoms with Crippen LogP contribution >= 0.6 is 46.6 Å². The Labute approximate surface area is 216 Å². The van der Waals surface area contributed by atoms with E-state index < -0.39 is 6.04 Å². The minimum Gasteiger partial charge on any atom is -0.354 e. The highest BCUT2D eigenvalue weighted by molar-refractivity contribution is 7.99. The van der Waals surface area contributed by atoms with Crippen LogP contribution in [0, 0.1) is 5.92 Å². The molecule has 1 unspecified atom stereocenters. The van der Waals surface area contributed by atoms with E-state index in [1.165, 1.54) is 0 Å². The summed E-state index contributed by atoms with van der Waals surface area (Å²) in [4.78, 5) is 28.9. The van der Waals surface area contributed by atoms with Crippen molar-refractivity contribution in [1.82, 2.24) is 10.2 Å². The average Bonchev–Trinajstić information content (AvgIpc) is 2.78. The molecule has 0 bridgehead atoms. The van der Waals surface area contributed by atoms with Crippen molar-refractivity contribution < 1.29 is 9.59 Å². The van der Waals surface area contributed by atoms with Crippen LogP contribution in [0.25, 0.3) is 0 Å². The van der Waals surface area contributed by atoms with Crippen molar-refractivity contribution in [1.29, 1.82) is 0 Å². The molecule has 1 N–H and O–H groups in total. The fourth-order valence-electron chi connectivity index (χ4n) is 3.26. The highest BCUT2D eigenvalue weighted by Crippen LogP contribution is 2.25. The molecule has 2 aromatic carbocycles. The predicted octanol–water partition coefficient (Wildman–Crippen LogP) is 7.10. The first kappa shape index (κ1) is 27.8. The van der Waals surface area contributed by atoms with Gasteiger partial charge in [-0.1, -0.05) is 61.6 Å². The molecule has 0 saturated heterocycles. The van der Waals surface area contributed by atoms with Crippen LogP contribution in [0.15, 0.2) is 47.4 Å². The number of carbonyl (C=O) groups is 2. The van der Waals surface area contributed by atoms with E-state index in [1.54, 1.807) is 28.8 Å². The first-order valence-corrected chi connectivity index (χ1v) is 13.2. The van der Waals surface area contributed by atoms with E-state index in [2.05, 4.69) is 5.32 Å². The van der Waals surface area contributed by atoms with E-state index in [9.17, 15) is 9.59 Å². The number of hydrogen-bond acceptors (Lipinski definition) is 3. The van der Waals surface area contributed by atoms with Crippen LogP contribution in [0.2, 0.25) is 15.1 Å². The van der Waals surface area contributed by atoms with E-state index in [4.69, 9.17) is 34.8 Å². The fourth-order valence-corrected chi connectivity index (χ4v) is 4.56. The summed E-state index contributed by atoms with van der Waals surface area (Å²) in [6.07, 6.45) is 1.58. The highest BCUT2D eigenvalue weighted by atomic mass is 35.5. The number of benzene rings is 2. The largest absolute Gasteiger partial charge is 0.354 e. The van der Waals surface area contributed by atoms with Crippen molar-refractivity contribution in [3.63, 3.8) is 0 Å². The van der Waals surface area contributed by atoms with Gasteiger partial charge in [-0.3, -0.25) is 9.59 Å². The molecule has 8 heteroatoms. The summed E-state index contributed by atoms with van der Waals surface area (Å²) in [7, 11) is 0. The van der Waals surface area contributed by atoms with Gasteiger partial charge in [0.05, 0.1) is 10.0 Å². The van der Waals surface area contributed by atoms with E-state index in [-0.39, 0.29) is 11.8 Å². The standard InChI is InChI=1S/C25H31Cl3N2O2S/c1-4-23(25(32)29-15-17(2)3)30(16-18-7-12-21(27)22(28)14-18)24(31)6-5-13-33-20-10-8-19(26)9-11-20/h7-12,14,17,23H,4-6,13,15-16H2,1-3H3,(H,29,32). The molecule has 0 aromatic heterocycles. The fraction of sp³-hybridized carbons (Fsp3) is 0.440. The second kappa shape index (κ2) is 14.1. The minimum absolute atomic E-state index is 0.0516. The van der Waals surface area contributed by atoms with Crippen LogP contribution < -0.4 is 5.32 Å². The molecule has 0 spiro atoms. The van der Waals surface area contributed by atoms with Gasteiger partial charge in [-0.15, -0.1) is 11.8 Å². The predicted molar refractivity (Wildman–Crippen MR) is 140 cm³/mol. The summed E-state index contributed by atoms with van der Waals surface area (Å²) >= 11 is 19.8. The first-order chi connectivity index (χ1) is 15.7. The Morgan fingerprint density at radius 3 is 2.33 bits per heavy atom. The second-order valence-corrected chi connectivity index (χ2v) is 10.7. The Balaban J connectivity index is 2.08. The van der Waals surface area contributed by atoms with Crippen LogP contribution in [-0.2, 0) is 16.1 Å². The van der Waals surface area contributed by atoms with Gasteiger partial charge in [-0.05, 0) is 66.5 Å². The normalized spacial score (nSPS) is 12.0. The molecule has 180 valence electrons. The number of amides is 2. The topological polar surface area (TPSA) is 49.4 Å². The minimum atomic E-state index is -0.547. The summed E-state index contributed by atoms with van der Waals surface area (Å²) in [6.45, 7) is 6.87. The van der Waals surface area contributed by atoms with Crippen molar-refractivity contribution in [2.75, 3.05) is 12.3 Å². The zero-order valence-electron chi connectivity index (χ0n) is 19.2. The quantitative estimate of drug-likeness (QED) is 0.236. The molecule has 0 aliphatic carbocycles. The number of rotatable bonds is 12. The van der Waals surface area contributed by atoms with Gasteiger partial charge in [0.2, 0.25) is 11.8 Å². The lowest BCUT2D eigenvalue weighted by molar-refractivity contribution is -0.141. The van der Waals surface area contributed by atoms with Gasteiger partial charge in [0.1, 0.15) is 6.04 Å². The number of hydrogen-bond donors (Lipinski definition) is 1. The van der Waals surface area contributed by atoms with Gasteiger partial charge in [-0.2, -0.15) is 0 Å². The lowest BCUT2D eigenvalue weighted by atomic mass is 10.1. The van der Waals surface area contributed by atoms with Gasteiger partial charge >= 0.3 is 0 Å². The van der Waals surface area contributed by atoms with Gasteiger partial charge in [-0.25, -0.2) is 0 Å². The van der Waals surface area contributed by atoms with E-state index in [0.717, 1.165) is 16.2 Å². The molecule has 4 nitrogen and oxygen atoms in total. The lowest BCUT2D eigenvalue weighted by Crippen LogP contribution is -2.49. The molecule has 0 aliphatic heterocycles. The molecule has 2 amide bonds. The Morgan fingerprint density at radius 2 is 1.73 bits per heavy atom. The van der Waals surface area contributed by atoms with Crippen LogP contribution in [0.5, 0.6) is 0 Å². The number of halogens is 3. The molecule has 0 radical (unpaired) electrons. The summed E-state index contributed by atoms with van der Waals surface area (Å²) in [5.41, 5.74) is 0.836. The van der Waals surface area contributed by atoms with Crippen LogP contribution in [0.3, 0.4) is 0 Å². The summed E-state index contributed by atoms with van der Waals surface area (Å²) < 4.78 is 0. The van der Waals surface area contributed by atoms with Gasteiger partial charge in [0.25, 0.3) is 0 Å². The van der Waals surface area contributed by atoms with Crippen LogP contribution in [-0.4, -0.2) is 35.1 Å². The van der Waals surface area contributed by atoms with E-state index in [1.807, 2.05) is 51.1 Å². The molecule has 0 heterocycles. The van der Waals surface area contributed by atoms with Crippen LogP contribution in [0.1, 0.15) is 45.6 Å². The number of nitrogens with zero attached hydrogens (tertiary/aromatic N) is 1. The van der Waals surface area contributed by atoms with Gasteiger partial charge in [0.15, 0.2) is 0 Å². The summed E-state index contributed by atoms with van der Waals surface area (Å²) in [5, 5.41) is 4.56. The highest BCUT2D eigenvalue weighted by Gasteiger charge is 2.28. The Hall–Kier alpha value is -1.40. The maximum atomic E-state index is 13.3. The number of thioether (sulfide) groups is 1. The lowest BCUT2D eigenvalue weighted by Gasteiger charge is -2.31. The monoisotopic (exact) mass is 528 g/mol. The summed E-state index contributed by atoms with van der Waals surface area (Å²) in [6, 6.07) is 12.4. The third-order valence-corrected chi connectivity index (χ3v) is 7.11. The second-order valence-electron chi connectivity index (χ2n) is 8.24. The zero-order valence-corrected chi connectivity index (χ0v) is 22.3. The molecular weight excluding hydrogens is 499 g/mol. The molecule has 2 rings (SSSR count). The van der Waals surface area contributed by atoms with Crippen LogP contribution in [0.4, 0.5) is 0 Å². The number of carbonyl (C=O) groups excluding carboxylic acids is 2. The smallest absolute Gasteiger partial charge is 0.242 e. The summed E-state index contributed by atoms with van der Waals surface area (Å²) in [5.74, 6) is 0.944. The van der Waals surface area contributed by atoms with Crippen molar-refractivity contribution in [3.05, 3.63) is 63.1 Å². The molecule has 0 saturated carbocycles. The molecule has 0 fully saturated rings. The van der Waals surface area contributed by atoms with E-state index in [0.29, 0.717) is 53.3 Å². The van der Waals surface area contributed by atoms with E-state index >= 15 is 0 Å². The SMILES string of the molecule is CCC(C(=O)NCC(C)C)N(Cc1ccc(Cl)c(Cl)c1)C(=O)CCCSc1ccc(Cl)cc1. The maximum Gasteiger partial charge on any atom is 0.242 e. The molecule has 1 atom stereocenters. The molecule has 33 heavy (non-hydrogen) atoms. The van der Waals surface area contributed by atoms with Gasteiger partial charge < -0.3 is 10.2 Å². The average molecular weight is 530 g/mol. The molecular formula is C25H31Cl3N2O2S. The van der Waals surface area contributed by atoms with Crippen molar-refractivity contribution in [2.45, 2.75) is 57.5 Å². The maximum absolute atomic E-state index is 13.3. The van der Waals surface area contributed by atoms with Gasteiger partial charge in [0, 0.05) is 29.4 Å². The first-order valence-electron chi connectivity index (χ1n) is 11.1. The van der Waals surface area contributed by atoms with Crippen molar-refractivity contribution in [3.8, 4) is 0 Å². The third-order valence-electron chi connectivity index (χ3n) is 5.02.